The van der Waals surface area contributed by atoms with E-state index in [0.29, 0.717) is 12.3 Å². The highest BCUT2D eigenvalue weighted by atomic mass is 16.5. The molecule has 1 heterocycles. The van der Waals surface area contributed by atoms with Crippen LogP contribution in [0.1, 0.15) is 42.9 Å². The number of methoxy groups -OCH3 is 1. The number of H-pyrrole nitrogens is 1. The highest BCUT2D eigenvalue weighted by molar-refractivity contribution is 5.97. The predicted molar refractivity (Wildman–Crippen MR) is 70.4 cm³/mol. The van der Waals surface area contributed by atoms with Crippen molar-refractivity contribution >= 4 is 11.6 Å². The van der Waals surface area contributed by atoms with E-state index in [1.54, 1.807) is 7.11 Å². The van der Waals surface area contributed by atoms with Gasteiger partial charge < -0.3 is 15.8 Å². The Hall–Kier alpha value is -1.56. The van der Waals surface area contributed by atoms with Gasteiger partial charge in [0.05, 0.1) is 24.0 Å². The molecule has 6 heteroatoms. The van der Waals surface area contributed by atoms with Crippen LogP contribution in [0.2, 0.25) is 0 Å². The van der Waals surface area contributed by atoms with Crippen molar-refractivity contribution in [1.29, 1.82) is 0 Å². The molecule has 1 aromatic rings. The van der Waals surface area contributed by atoms with Gasteiger partial charge >= 0.3 is 0 Å². The molecule has 0 aliphatic heterocycles. The first-order valence-corrected chi connectivity index (χ1v) is 6.26. The molecule has 4 N–H and O–H groups in total. The minimum Gasteiger partial charge on any atom is -0.395 e. The van der Waals surface area contributed by atoms with E-state index in [1.807, 2.05) is 6.92 Å². The van der Waals surface area contributed by atoms with Gasteiger partial charge in [-0.1, -0.05) is 20.3 Å². The van der Waals surface area contributed by atoms with Gasteiger partial charge in [-0.25, -0.2) is 0 Å². The monoisotopic (exact) mass is 254 g/mol. The maximum absolute atomic E-state index is 12.0. The molecule has 1 atom stereocenters. The van der Waals surface area contributed by atoms with Crippen LogP contribution in [0, 0.1) is 0 Å². The van der Waals surface area contributed by atoms with E-state index in [1.165, 1.54) is 0 Å². The van der Waals surface area contributed by atoms with E-state index < -0.39 is 0 Å². The van der Waals surface area contributed by atoms with Gasteiger partial charge in [-0.2, -0.15) is 5.10 Å². The Morgan fingerprint density at radius 2 is 2.28 bits per heavy atom. The molecule has 1 aromatic heterocycles. The van der Waals surface area contributed by atoms with Crippen molar-refractivity contribution in [2.75, 3.05) is 19.5 Å². The van der Waals surface area contributed by atoms with Crippen LogP contribution in [0.25, 0.3) is 0 Å². The maximum Gasteiger partial charge on any atom is 0.274 e. The maximum atomic E-state index is 12.0. The Morgan fingerprint density at radius 3 is 2.78 bits per heavy atom. The fourth-order valence-corrected chi connectivity index (χ4v) is 1.83. The zero-order chi connectivity index (χ0) is 13.5. The summed E-state index contributed by atoms with van der Waals surface area (Å²) in [5, 5.41) is 9.62. The molecule has 0 fully saturated rings. The number of hydrogen-bond donors (Lipinski definition) is 3. The van der Waals surface area contributed by atoms with Crippen LogP contribution < -0.4 is 11.1 Å². The van der Waals surface area contributed by atoms with Gasteiger partial charge in [-0.15, -0.1) is 0 Å². The Bertz CT molecular complexity index is 383. The van der Waals surface area contributed by atoms with Crippen LogP contribution in [0.15, 0.2) is 0 Å². The second-order valence-corrected chi connectivity index (χ2v) is 4.23. The summed E-state index contributed by atoms with van der Waals surface area (Å²) in [5.74, 6) is -0.251. The fourth-order valence-electron chi connectivity index (χ4n) is 1.83. The zero-order valence-corrected chi connectivity index (χ0v) is 11.2. The Labute approximate surface area is 107 Å². The third kappa shape index (κ3) is 3.46. The number of nitrogens with two attached hydrogens (primary N) is 1. The summed E-state index contributed by atoms with van der Waals surface area (Å²) in [4.78, 5) is 12.0. The second-order valence-electron chi connectivity index (χ2n) is 4.23. The zero-order valence-electron chi connectivity index (χ0n) is 11.2. The summed E-state index contributed by atoms with van der Waals surface area (Å²) in [7, 11) is 1.62. The number of carbonyl (C=O) groups excluding carboxylic acids is 1. The topological polar surface area (TPSA) is 93.0 Å². The van der Waals surface area contributed by atoms with Crippen molar-refractivity contribution in [2.45, 2.75) is 39.2 Å². The first-order valence-electron chi connectivity index (χ1n) is 6.26. The summed E-state index contributed by atoms with van der Waals surface area (Å²) in [6, 6.07) is -0.00586. The number of aryl methyl sites for hydroxylation is 1. The smallest absolute Gasteiger partial charge is 0.274 e. The molecule has 0 spiro atoms. The molecule has 102 valence electrons. The number of aromatic amines is 1. The average molecular weight is 254 g/mol. The van der Waals surface area contributed by atoms with Crippen LogP contribution >= 0.6 is 0 Å². The van der Waals surface area contributed by atoms with E-state index in [9.17, 15) is 4.79 Å². The second kappa shape index (κ2) is 7.00. The van der Waals surface area contributed by atoms with Crippen molar-refractivity contribution in [3.05, 3.63) is 11.4 Å². The minimum absolute atomic E-state index is 0.00586. The molecular formula is C12H22N4O2. The van der Waals surface area contributed by atoms with Gasteiger partial charge in [0.15, 0.2) is 5.69 Å². The van der Waals surface area contributed by atoms with Crippen molar-refractivity contribution in [2.24, 2.45) is 0 Å². The fraction of sp³-hybridized carbons (Fsp3) is 0.667. The van der Waals surface area contributed by atoms with Crippen molar-refractivity contribution in [1.82, 2.24) is 15.5 Å². The van der Waals surface area contributed by atoms with Crippen LogP contribution in [0.4, 0.5) is 5.69 Å². The molecule has 1 amide bonds. The lowest BCUT2D eigenvalue weighted by Gasteiger charge is -2.16. The molecule has 6 nitrogen and oxygen atoms in total. The number of hydrogen-bond acceptors (Lipinski definition) is 4. The van der Waals surface area contributed by atoms with E-state index in [0.717, 1.165) is 25.0 Å². The largest absolute Gasteiger partial charge is 0.395 e. The van der Waals surface area contributed by atoms with Crippen molar-refractivity contribution in [3.63, 3.8) is 0 Å². The third-order valence-electron chi connectivity index (χ3n) is 2.79. The van der Waals surface area contributed by atoms with Gasteiger partial charge in [-0.3, -0.25) is 9.89 Å². The number of ether oxygens (including phenoxy) is 1. The first kappa shape index (κ1) is 14.5. The van der Waals surface area contributed by atoms with Gasteiger partial charge in [0.25, 0.3) is 5.91 Å². The third-order valence-corrected chi connectivity index (χ3v) is 2.79. The number of aromatic nitrogens is 2. The number of amides is 1. The standard InChI is InChI=1S/C12H22N4O2/c1-4-6-8(7-18-3)14-12(17)11-10(13)9(5-2)15-16-11/h8H,4-7,13H2,1-3H3,(H,14,17)(H,15,16). The van der Waals surface area contributed by atoms with Gasteiger partial charge in [0, 0.05) is 7.11 Å². The molecule has 0 radical (unpaired) electrons. The molecule has 0 saturated heterocycles. The Balaban J connectivity index is 2.70. The number of carbonyl (C=O) groups is 1. The van der Waals surface area contributed by atoms with E-state index >= 15 is 0 Å². The summed E-state index contributed by atoms with van der Waals surface area (Å²) >= 11 is 0. The van der Waals surface area contributed by atoms with Crippen molar-refractivity contribution in [3.8, 4) is 0 Å². The lowest BCUT2D eigenvalue weighted by molar-refractivity contribution is 0.0887. The molecule has 0 saturated carbocycles. The quantitative estimate of drug-likeness (QED) is 0.679. The summed E-state index contributed by atoms with van der Waals surface area (Å²) < 4.78 is 5.08. The van der Waals surface area contributed by atoms with Gasteiger partial charge in [-0.05, 0) is 12.8 Å². The molecule has 0 aliphatic carbocycles. The van der Waals surface area contributed by atoms with Crippen LogP contribution in [-0.2, 0) is 11.2 Å². The number of nitrogen functional groups attached to an aromatic ring is 1. The lowest BCUT2D eigenvalue weighted by atomic mass is 10.1. The minimum atomic E-state index is -0.251. The predicted octanol–water partition coefficient (Wildman–Crippen LogP) is 1.10. The van der Waals surface area contributed by atoms with Gasteiger partial charge in [0.2, 0.25) is 0 Å². The Kier molecular flexibility index (Phi) is 5.64. The summed E-state index contributed by atoms with van der Waals surface area (Å²) in [5.41, 5.74) is 7.34. The number of rotatable bonds is 7. The highest BCUT2D eigenvalue weighted by Gasteiger charge is 2.19. The number of nitrogens with zero attached hydrogens (tertiary/aromatic N) is 1. The average Bonchev–Trinajstić information content (AvgIpc) is 2.71. The highest BCUT2D eigenvalue weighted by Crippen LogP contribution is 2.14. The molecule has 1 unspecified atom stereocenters. The molecule has 0 aromatic carbocycles. The van der Waals surface area contributed by atoms with E-state index in [2.05, 4.69) is 22.4 Å². The van der Waals surface area contributed by atoms with Crippen LogP contribution in [-0.4, -0.2) is 35.9 Å². The first-order chi connectivity index (χ1) is 8.63. The molecule has 1 rings (SSSR count). The summed E-state index contributed by atoms with van der Waals surface area (Å²) in [6.07, 6.45) is 2.57. The lowest BCUT2D eigenvalue weighted by Crippen LogP contribution is -2.38. The molecule has 0 bridgehead atoms. The number of nitrogens with one attached hydrogen (secondary N) is 2. The molecular weight excluding hydrogens is 232 g/mol. The van der Waals surface area contributed by atoms with Crippen molar-refractivity contribution < 1.29 is 9.53 Å². The summed E-state index contributed by atoms with van der Waals surface area (Å²) in [6.45, 7) is 4.51. The van der Waals surface area contributed by atoms with Gasteiger partial charge in [0.1, 0.15) is 0 Å². The molecule has 18 heavy (non-hydrogen) atoms. The van der Waals surface area contributed by atoms with Crippen LogP contribution in [0.5, 0.6) is 0 Å². The number of anilines is 1. The Morgan fingerprint density at radius 1 is 1.56 bits per heavy atom. The van der Waals surface area contributed by atoms with Crippen LogP contribution in [0.3, 0.4) is 0 Å². The SMILES string of the molecule is CCCC(COC)NC(=O)c1n[nH]c(CC)c1N. The van der Waals surface area contributed by atoms with E-state index in [-0.39, 0.29) is 17.6 Å². The normalized spacial score (nSPS) is 12.4. The molecule has 0 aliphatic rings. The van der Waals surface area contributed by atoms with E-state index in [4.69, 9.17) is 10.5 Å².